The lowest BCUT2D eigenvalue weighted by atomic mass is 9.98. The second-order valence-corrected chi connectivity index (χ2v) is 5.85. The Morgan fingerprint density at radius 2 is 2.19 bits per heavy atom. The number of hydrogen-bond acceptors (Lipinski definition) is 3. The molecule has 2 heterocycles. The number of fused-ring (bicyclic) bond motifs is 1. The number of benzene rings is 1. The Bertz CT molecular complexity index is 746. The lowest BCUT2D eigenvalue weighted by Gasteiger charge is -2.35. The van der Waals surface area contributed by atoms with Crippen LogP contribution >= 0.6 is 0 Å². The number of aromatic carboxylic acids is 1. The normalized spacial score (nSPS) is 23.5. The third-order valence-corrected chi connectivity index (χ3v) is 4.51. The van der Waals surface area contributed by atoms with Crippen molar-refractivity contribution in [3.05, 3.63) is 34.2 Å². The fourth-order valence-electron chi connectivity index (χ4n) is 3.12. The molecule has 2 aromatic rings. The molecule has 2 N–H and O–H groups in total. The van der Waals surface area contributed by atoms with Crippen molar-refractivity contribution in [3.8, 4) is 0 Å². The molecule has 1 fully saturated rings. The van der Waals surface area contributed by atoms with Crippen molar-refractivity contribution in [2.75, 3.05) is 13.6 Å². The zero-order chi connectivity index (χ0) is 15.1. The van der Waals surface area contributed by atoms with Crippen LogP contribution in [-0.2, 0) is 0 Å². The Kier molecular flexibility index (Phi) is 3.33. The monoisotopic (exact) mass is 289 g/mol. The number of piperidine rings is 1. The third kappa shape index (κ3) is 2.35. The van der Waals surface area contributed by atoms with E-state index >= 15 is 0 Å². The highest BCUT2D eigenvalue weighted by atomic mass is 16.4. The smallest absolute Gasteiger partial charge is 0.335 e. The van der Waals surface area contributed by atoms with Crippen molar-refractivity contribution < 1.29 is 9.90 Å². The van der Waals surface area contributed by atoms with Gasteiger partial charge in [-0.05, 0) is 45.0 Å². The summed E-state index contributed by atoms with van der Waals surface area (Å²) < 4.78 is 1.73. The number of H-pyrrole nitrogens is 1. The fourth-order valence-corrected chi connectivity index (χ4v) is 3.12. The van der Waals surface area contributed by atoms with Crippen LogP contribution in [0.25, 0.3) is 11.0 Å². The number of likely N-dealkylation sites (tertiary alicyclic amines) is 1. The van der Waals surface area contributed by atoms with Gasteiger partial charge in [0, 0.05) is 18.6 Å². The number of carboxylic acids is 1. The molecule has 2 atom stereocenters. The number of aromatic nitrogens is 2. The van der Waals surface area contributed by atoms with Gasteiger partial charge in [0.25, 0.3) is 0 Å². The largest absolute Gasteiger partial charge is 0.478 e. The van der Waals surface area contributed by atoms with Crippen LogP contribution in [0.2, 0.25) is 0 Å². The van der Waals surface area contributed by atoms with Crippen molar-refractivity contribution in [3.63, 3.8) is 0 Å². The van der Waals surface area contributed by atoms with Crippen molar-refractivity contribution >= 4 is 17.0 Å². The second kappa shape index (κ2) is 5.04. The van der Waals surface area contributed by atoms with Crippen LogP contribution in [0.1, 0.15) is 36.2 Å². The van der Waals surface area contributed by atoms with E-state index in [2.05, 4.69) is 23.9 Å². The predicted octanol–water partition coefficient (Wildman–Crippen LogP) is 1.68. The van der Waals surface area contributed by atoms with Crippen LogP contribution in [0.15, 0.2) is 23.0 Å². The Morgan fingerprint density at radius 1 is 1.43 bits per heavy atom. The molecule has 1 aromatic carbocycles. The van der Waals surface area contributed by atoms with E-state index in [-0.39, 0.29) is 17.3 Å². The summed E-state index contributed by atoms with van der Waals surface area (Å²) in [7, 11) is 2.08. The van der Waals surface area contributed by atoms with E-state index in [4.69, 9.17) is 5.11 Å². The summed E-state index contributed by atoms with van der Waals surface area (Å²) in [4.78, 5) is 28.5. The number of aromatic amines is 1. The minimum Gasteiger partial charge on any atom is -0.478 e. The van der Waals surface area contributed by atoms with E-state index < -0.39 is 5.97 Å². The molecular formula is C15H19N3O3. The summed E-state index contributed by atoms with van der Waals surface area (Å²) in [5, 5.41) is 9.12. The van der Waals surface area contributed by atoms with E-state index in [0.29, 0.717) is 17.1 Å². The Hall–Kier alpha value is -2.08. The lowest BCUT2D eigenvalue weighted by Crippen LogP contribution is -2.40. The molecule has 6 nitrogen and oxygen atoms in total. The summed E-state index contributed by atoms with van der Waals surface area (Å²) in [6.45, 7) is 3.08. The SMILES string of the molecule is CC1CC(n2c(=O)[nH]c3ccc(C(=O)O)cc32)CCN1C. The maximum atomic E-state index is 12.3. The molecule has 112 valence electrons. The first kappa shape index (κ1) is 13.9. The number of hydrogen-bond donors (Lipinski definition) is 2. The predicted molar refractivity (Wildman–Crippen MR) is 79.9 cm³/mol. The van der Waals surface area contributed by atoms with Gasteiger partial charge in [-0.3, -0.25) is 4.57 Å². The molecule has 1 saturated heterocycles. The number of nitrogens with zero attached hydrogens (tertiary/aromatic N) is 2. The number of imidazole rings is 1. The van der Waals surface area contributed by atoms with Crippen molar-refractivity contribution in [2.24, 2.45) is 0 Å². The van der Waals surface area contributed by atoms with Crippen LogP contribution in [0.3, 0.4) is 0 Å². The van der Waals surface area contributed by atoms with E-state index in [0.717, 1.165) is 19.4 Å². The van der Waals surface area contributed by atoms with Crippen molar-refractivity contribution in [2.45, 2.75) is 31.8 Å². The van der Waals surface area contributed by atoms with Gasteiger partial charge in [-0.15, -0.1) is 0 Å². The summed E-state index contributed by atoms with van der Waals surface area (Å²) in [6.07, 6.45) is 1.78. The minimum absolute atomic E-state index is 0.112. The first-order chi connectivity index (χ1) is 9.97. The van der Waals surface area contributed by atoms with Gasteiger partial charge in [-0.25, -0.2) is 9.59 Å². The van der Waals surface area contributed by atoms with Crippen molar-refractivity contribution in [1.82, 2.24) is 14.5 Å². The molecular weight excluding hydrogens is 270 g/mol. The van der Waals surface area contributed by atoms with Crippen LogP contribution < -0.4 is 5.69 Å². The molecule has 2 unspecified atom stereocenters. The third-order valence-electron chi connectivity index (χ3n) is 4.51. The highest BCUT2D eigenvalue weighted by Gasteiger charge is 2.26. The van der Waals surface area contributed by atoms with Gasteiger partial charge < -0.3 is 15.0 Å². The summed E-state index contributed by atoms with van der Waals surface area (Å²) in [5.74, 6) is -0.978. The maximum absolute atomic E-state index is 12.3. The fraction of sp³-hybridized carbons (Fsp3) is 0.467. The Labute approximate surface area is 122 Å². The summed E-state index contributed by atoms with van der Waals surface area (Å²) in [6, 6.07) is 5.28. The number of rotatable bonds is 2. The number of carboxylic acid groups (broad SMARTS) is 1. The number of carbonyl (C=O) groups is 1. The van der Waals surface area contributed by atoms with Crippen LogP contribution in [0, 0.1) is 0 Å². The molecule has 21 heavy (non-hydrogen) atoms. The highest BCUT2D eigenvalue weighted by Crippen LogP contribution is 2.28. The average Bonchev–Trinajstić information content (AvgIpc) is 2.77. The molecule has 6 heteroatoms. The molecule has 3 rings (SSSR count). The Balaban J connectivity index is 2.09. The zero-order valence-corrected chi connectivity index (χ0v) is 12.2. The standard InChI is InChI=1S/C15H19N3O3/c1-9-7-11(5-6-17(9)2)18-13-8-10(14(19)20)3-4-12(13)16-15(18)21/h3-4,8-9,11H,5-7H2,1-2H3,(H,16,21)(H,19,20). The molecule has 0 aliphatic carbocycles. The van der Waals surface area contributed by atoms with Gasteiger partial charge in [0.2, 0.25) is 0 Å². The van der Waals surface area contributed by atoms with Crippen LogP contribution in [0.5, 0.6) is 0 Å². The molecule has 0 spiro atoms. The van der Waals surface area contributed by atoms with E-state index in [1.165, 1.54) is 6.07 Å². The van der Waals surface area contributed by atoms with E-state index in [1.807, 2.05) is 0 Å². The quantitative estimate of drug-likeness (QED) is 0.881. The lowest BCUT2D eigenvalue weighted by molar-refractivity contribution is 0.0697. The molecule has 1 aliphatic heterocycles. The minimum atomic E-state index is -0.978. The van der Waals surface area contributed by atoms with Gasteiger partial charge in [-0.1, -0.05) is 0 Å². The second-order valence-electron chi connectivity index (χ2n) is 5.85. The Morgan fingerprint density at radius 3 is 2.86 bits per heavy atom. The highest BCUT2D eigenvalue weighted by molar-refractivity contribution is 5.92. The van der Waals surface area contributed by atoms with E-state index in [1.54, 1.807) is 16.7 Å². The van der Waals surface area contributed by atoms with Gasteiger partial charge in [-0.2, -0.15) is 0 Å². The molecule has 0 amide bonds. The van der Waals surface area contributed by atoms with Gasteiger partial charge in [0.15, 0.2) is 0 Å². The maximum Gasteiger partial charge on any atom is 0.335 e. The topological polar surface area (TPSA) is 78.3 Å². The molecule has 0 bridgehead atoms. The molecule has 0 radical (unpaired) electrons. The molecule has 1 aromatic heterocycles. The van der Waals surface area contributed by atoms with Crippen molar-refractivity contribution in [1.29, 1.82) is 0 Å². The van der Waals surface area contributed by atoms with Gasteiger partial charge in [0.05, 0.1) is 16.6 Å². The summed E-state index contributed by atoms with van der Waals surface area (Å²) >= 11 is 0. The van der Waals surface area contributed by atoms with E-state index in [9.17, 15) is 9.59 Å². The first-order valence-corrected chi connectivity index (χ1v) is 7.15. The average molecular weight is 289 g/mol. The van der Waals surface area contributed by atoms with Gasteiger partial charge >= 0.3 is 11.7 Å². The van der Waals surface area contributed by atoms with Crippen LogP contribution in [-0.4, -0.2) is 45.2 Å². The number of nitrogens with one attached hydrogen (secondary N) is 1. The van der Waals surface area contributed by atoms with Crippen LogP contribution in [0.4, 0.5) is 0 Å². The molecule has 0 saturated carbocycles. The molecule has 1 aliphatic rings. The zero-order valence-electron chi connectivity index (χ0n) is 12.2. The first-order valence-electron chi connectivity index (χ1n) is 7.15. The van der Waals surface area contributed by atoms with Gasteiger partial charge in [0.1, 0.15) is 0 Å². The summed E-state index contributed by atoms with van der Waals surface area (Å²) in [5.41, 5.74) is 1.42.